The summed E-state index contributed by atoms with van der Waals surface area (Å²) in [4.78, 5) is 13.1. The molecule has 0 saturated heterocycles. The van der Waals surface area contributed by atoms with Gasteiger partial charge in [0.1, 0.15) is 6.54 Å². The van der Waals surface area contributed by atoms with E-state index in [-0.39, 0.29) is 6.54 Å². The van der Waals surface area contributed by atoms with Crippen LogP contribution in [0.4, 0.5) is 0 Å². The quantitative estimate of drug-likeness (QED) is 0.504. The summed E-state index contributed by atoms with van der Waals surface area (Å²) >= 11 is 0. The maximum Gasteiger partial charge on any atom is 0.325 e. The first-order valence-electron chi connectivity index (χ1n) is 1.93. The summed E-state index contributed by atoms with van der Waals surface area (Å²) in [6.45, 7) is 1.57. The van der Waals surface area contributed by atoms with Crippen molar-refractivity contribution >= 4 is 12.2 Å². The molecule has 0 aromatic heterocycles. The Labute approximate surface area is 41.7 Å². The van der Waals surface area contributed by atoms with Crippen molar-refractivity contribution in [2.75, 3.05) is 6.54 Å². The van der Waals surface area contributed by atoms with Gasteiger partial charge in [-0.25, -0.2) is 0 Å². The highest BCUT2D eigenvalue weighted by Gasteiger charge is 1.86. The highest BCUT2D eigenvalue weighted by Crippen LogP contribution is 1.64. The van der Waals surface area contributed by atoms with Crippen LogP contribution in [0, 0.1) is 0 Å². The molecule has 0 rings (SSSR count). The summed E-state index contributed by atoms with van der Waals surface area (Å²) in [7, 11) is 0. The number of aliphatic carboxylic acids is 1. The molecular formula is C4H7NO2. The average molecular weight is 101 g/mol. The molecule has 3 heteroatoms. The Morgan fingerprint density at radius 1 is 2.00 bits per heavy atom. The van der Waals surface area contributed by atoms with Gasteiger partial charge in [0, 0.05) is 0 Å². The zero-order valence-corrected chi connectivity index (χ0v) is 4.09. The third kappa shape index (κ3) is 5.14. The molecule has 0 radical (unpaired) electrons. The van der Waals surface area contributed by atoms with E-state index in [0.29, 0.717) is 0 Å². The normalized spacial score (nSPS) is 9.86. The molecule has 7 heavy (non-hydrogen) atoms. The summed E-state index contributed by atoms with van der Waals surface area (Å²) in [5.74, 6) is -0.891. The topological polar surface area (TPSA) is 49.7 Å². The Kier molecular flexibility index (Phi) is 2.92. The van der Waals surface area contributed by atoms with Crippen LogP contribution < -0.4 is 0 Å². The Bertz CT molecular complexity index is 87.7. The molecule has 0 aromatic rings. The number of carbonyl (C=O) groups is 1. The van der Waals surface area contributed by atoms with Gasteiger partial charge in [0.15, 0.2) is 0 Å². The third-order valence-corrected chi connectivity index (χ3v) is 0.409. The lowest BCUT2D eigenvalue weighted by Crippen LogP contribution is -1.98. The van der Waals surface area contributed by atoms with Crippen LogP contribution in [-0.4, -0.2) is 23.8 Å². The Morgan fingerprint density at radius 3 is 2.71 bits per heavy atom. The van der Waals surface area contributed by atoms with E-state index in [1.165, 1.54) is 6.21 Å². The van der Waals surface area contributed by atoms with E-state index in [1.54, 1.807) is 6.92 Å². The third-order valence-electron chi connectivity index (χ3n) is 0.409. The molecule has 0 amide bonds. The molecule has 0 aliphatic carbocycles. The fourth-order valence-corrected chi connectivity index (χ4v) is 0.169. The zero-order chi connectivity index (χ0) is 5.70. The zero-order valence-electron chi connectivity index (χ0n) is 4.09. The smallest absolute Gasteiger partial charge is 0.325 e. The SMILES string of the molecule is C/C=N\CC(=O)O. The number of carboxylic acid groups (broad SMARTS) is 1. The summed E-state index contributed by atoms with van der Waals surface area (Å²) < 4.78 is 0. The van der Waals surface area contributed by atoms with E-state index in [4.69, 9.17) is 5.11 Å². The summed E-state index contributed by atoms with van der Waals surface area (Å²) in [6.07, 6.45) is 1.47. The molecule has 40 valence electrons. The lowest BCUT2D eigenvalue weighted by Gasteiger charge is -1.78. The van der Waals surface area contributed by atoms with E-state index >= 15 is 0 Å². The second kappa shape index (κ2) is 3.33. The van der Waals surface area contributed by atoms with E-state index in [1.807, 2.05) is 0 Å². The van der Waals surface area contributed by atoms with Crippen LogP contribution in [0.5, 0.6) is 0 Å². The van der Waals surface area contributed by atoms with E-state index in [2.05, 4.69) is 4.99 Å². The van der Waals surface area contributed by atoms with Crippen molar-refractivity contribution < 1.29 is 9.90 Å². The maximum absolute atomic E-state index is 9.64. The van der Waals surface area contributed by atoms with Gasteiger partial charge in [-0.2, -0.15) is 0 Å². The van der Waals surface area contributed by atoms with Crippen molar-refractivity contribution in [3.63, 3.8) is 0 Å². The number of hydrogen-bond acceptors (Lipinski definition) is 2. The maximum atomic E-state index is 9.64. The molecular weight excluding hydrogens is 94.0 g/mol. The van der Waals surface area contributed by atoms with Crippen LogP contribution in [-0.2, 0) is 4.79 Å². The van der Waals surface area contributed by atoms with Gasteiger partial charge >= 0.3 is 5.97 Å². The summed E-state index contributed by atoms with van der Waals surface area (Å²) in [5, 5.41) is 7.93. The van der Waals surface area contributed by atoms with Gasteiger partial charge in [-0.05, 0) is 13.1 Å². The van der Waals surface area contributed by atoms with Gasteiger partial charge in [-0.15, -0.1) is 0 Å². The van der Waals surface area contributed by atoms with E-state index in [0.717, 1.165) is 0 Å². The lowest BCUT2D eigenvalue weighted by atomic mass is 10.7. The predicted molar refractivity (Wildman–Crippen MR) is 26.7 cm³/mol. The van der Waals surface area contributed by atoms with Crippen molar-refractivity contribution in [2.24, 2.45) is 4.99 Å². The first-order chi connectivity index (χ1) is 3.27. The van der Waals surface area contributed by atoms with Gasteiger partial charge in [0.2, 0.25) is 0 Å². The molecule has 0 atom stereocenters. The van der Waals surface area contributed by atoms with E-state index in [9.17, 15) is 4.79 Å². The predicted octanol–water partition coefficient (Wildman–Crippen LogP) is 0.162. The standard InChI is InChI=1S/C4H7NO2/c1-2-5-3-4(6)7/h2H,3H2,1H3,(H,6,7)/b5-2-. The second-order valence-electron chi connectivity index (χ2n) is 0.993. The van der Waals surface area contributed by atoms with Gasteiger partial charge in [0.25, 0.3) is 0 Å². The van der Waals surface area contributed by atoms with Crippen molar-refractivity contribution in [2.45, 2.75) is 6.92 Å². The lowest BCUT2D eigenvalue weighted by molar-refractivity contribution is -0.135. The number of aliphatic imine (C=N–C) groups is 1. The van der Waals surface area contributed by atoms with Crippen molar-refractivity contribution in [3.05, 3.63) is 0 Å². The second-order valence-corrected chi connectivity index (χ2v) is 0.993. The highest BCUT2D eigenvalue weighted by atomic mass is 16.4. The van der Waals surface area contributed by atoms with Gasteiger partial charge < -0.3 is 5.11 Å². The summed E-state index contributed by atoms with van der Waals surface area (Å²) in [5.41, 5.74) is 0. The van der Waals surface area contributed by atoms with Crippen LogP contribution in [0.25, 0.3) is 0 Å². The van der Waals surface area contributed by atoms with Crippen molar-refractivity contribution in [1.82, 2.24) is 0 Å². The minimum Gasteiger partial charge on any atom is -0.480 e. The van der Waals surface area contributed by atoms with Crippen LogP contribution >= 0.6 is 0 Å². The molecule has 0 unspecified atom stereocenters. The van der Waals surface area contributed by atoms with Crippen LogP contribution in [0.1, 0.15) is 6.92 Å². The molecule has 0 aromatic carbocycles. The first kappa shape index (κ1) is 6.14. The van der Waals surface area contributed by atoms with Gasteiger partial charge in [0.05, 0.1) is 0 Å². The molecule has 0 fully saturated rings. The van der Waals surface area contributed by atoms with Gasteiger partial charge in [-0.3, -0.25) is 9.79 Å². The monoisotopic (exact) mass is 101 g/mol. The highest BCUT2D eigenvalue weighted by molar-refractivity contribution is 5.71. The van der Waals surface area contributed by atoms with E-state index < -0.39 is 5.97 Å². The number of rotatable bonds is 2. The molecule has 0 aliphatic heterocycles. The molecule has 3 nitrogen and oxygen atoms in total. The van der Waals surface area contributed by atoms with Crippen LogP contribution in [0.2, 0.25) is 0 Å². The largest absolute Gasteiger partial charge is 0.480 e. The Balaban J connectivity index is 3.14. The first-order valence-corrected chi connectivity index (χ1v) is 1.93. The fraction of sp³-hybridized carbons (Fsp3) is 0.500. The van der Waals surface area contributed by atoms with Crippen LogP contribution in [0.3, 0.4) is 0 Å². The number of nitrogens with zero attached hydrogens (tertiary/aromatic N) is 1. The minimum atomic E-state index is -0.891. The minimum absolute atomic E-state index is 0.115. The van der Waals surface area contributed by atoms with Crippen LogP contribution in [0.15, 0.2) is 4.99 Å². The van der Waals surface area contributed by atoms with Crippen molar-refractivity contribution in [3.8, 4) is 0 Å². The molecule has 1 N–H and O–H groups in total. The Morgan fingerprint density at radius 2 is 2.57 bits per heavy atom. The molecule has 0 aliphatic rings. The van der Waals surface area contributed by atoms with Gasteiger partial charge in [-0.1, -0.05) is 0 Å². The number of hydrogen-bond donors (Lipinski definition) is 1. The average Bonchev–Trinajstić information content (AvgIpc) is 1.61. The summed E-state index contributed by atoms with van der Waals surface area (Å²) in [6, 6.07) is 0. The molecule has 0 heterocycles. The van der Waals surface area contributed by atoms with Crippen molar-refractivity contribution in [1.29, 1.82) is 0 Å². The molecule has 0 spiro atoms. The fourth-order valence-electron chi connectivity index (χ4n) is 0.169. The molecule has 0 bridgehead atoms. The number of carboxylic acids is 1. The Hall–Kier alpha value is -0.860. The molecule has 0 saturated carbocycles.